The Morgan fingerprint density at radius 2 is 2.11 bits per heavy atom. The van der Waals surface area contributed by atoms with Crippen molar-refractivity contribution in [3.63, 3.8) is 0 Å². The van der Waals surface area contributed by atoms with Crippen LogP contribution < -0.4 is 4.72 Å². The number of aliphatic hydroxyl groups is 1. The summed E-state index contributed by atoms with van der Waals surface area (Å²) in [6, 6.07) is 0. The Bertz CT molecular complexity index is 488. The summed E-state index contributed by atoms with van der Waals surface area (Å²) in [5.74, 6) is 0. The zero-order chi connectivity index (χ0) is 14.0. The van der Waals surface area contributed by atoms with Gasteiger partial charge in [0.2, 0.25) is 0 Å². The number of aliphatic hydroxyl groups excluding tert-OH is 1. The van der Waals surface area contributed by atoms with E-state index in [1.807, 2.05) is 20.8 Å². The number of rotatable bonds is 5. The van der Waals surface area contributed by atoms with Crippen molar-refractivity contribution in [1.29, 1.82) is 0 Å². The van der Waals surface area contributed by atoms with E-state index in [4.69, 9.17) is 0 Å². The molecule has 1 rings (SSSR count). The maximum atomic E-state index is 11.8. The first kappa shape index (κ1) is 15.1. The average molecular weight is 275 g/mol. The normalized spacial score (nSPS) is 14.7. The van der Waals surface area contributed by atoms with Gasteiger partial charge in [0, 0.05) is 19.8 Å². The number of hydrogen-bond acceptors (Lipinski definition) is 4. The summed E-state index contributed by atoms with van der Waals surface area (Å²) in [5.41, 5.74) is -0.254. The number of nitrogens with one attached hydrogen (secondary N) is 1. The third-order valence-electron chi connectivity index (χ3n) is 2.67. The fourth-order valence-electron chi connectivity index (χ4n) is 1.36. The van der Waals surface area contributed by atoms with Crippen molar-refractivity contribution in [3.8, 4) is 0 Å². The van der Waals surface area contributed by atoms with Crippen LogP contribution in [0.1, 0.15) is 27.2 Å². The summed E-state index contributed by atoms with van der Waals surface area (Å²) in [6.07, 6.45) is 2.68. The van der Waals surface area contributed by atoms with Crippen LogP contribution in [0, 0.1) is 5.41 Å². The van der Waals surface area contributed by atoms with Crippen molar-refractivity contribution in [2.45, 2.75) is 38.3 Å². The van der Waals surface area contributed by atoms with Gasteiger partial charge in [-0.25, -0.2) is 18.1 Å². The standard InChI is InChI=1S/C11H21N3O3S/c1-11(2,3)9(15)5-6-13-18(16,17)10-7-14(4)8-12-10/h7-9,13,15H,5-6H2,1-4H3/t9-/m0/s1. The summed E-state index contributed by atoms with van der Waals surface area (Å²) >= 11 is 0. The van der Waals surface area contributed by atoms with Gasteiger partial charge in [-0.1, -0.05) is 20.8 Å². The highest BCUT2D eigenvalue weighted by molar-refractivity contribution is 7.89. The molecule has 0 bridgehead atoms. The lowest BCUT2D eigenvalue weighted by molar-refractivity contribution is 0.0571. The first-order valence-electron chi connectivity index (χ1n) is 5.78. The maximum Gasteiger partial charge on any atom is 0.259 e. The molecule has 0 fully saturated rings. The van der Waals surface area contributed by atoms with Gasteiger partial charge in [-0.2, -0.15) is 0 Å². The molecular formula is C11H21N3O3S. The second kappa shape index (κ2) is 5.38. The lowest BCUT2D eigenvalue weighted by atomic mass is 9.87. The summed E-state index contributed by atoms with van der Waals surface area (Å²) in [4.78, 5) is 3.78. The van der Waals surface area contributed by atoms with Gasteiger partial charge >= 0.3 is 0 Å². The predicted molar refractivity (Wildman–Crippen MR) is 68.5 cm³/mol. The van der Waals surface area contributed by atoms with Crippen LogP contribution >= 0.6 is 0 Å². The van der Waals surface area contributed by atoms with E-state index in [9.17, 15) is 13.5 Å². The van der Waals surface area contributed by atoms with Crippen LogP contribution in [-0.2, 0) is 17.1 Å². The van der Waals surface area contributed by atoms with E-state index in [0.717, 1.165) is 0 Å². The summed E-state index contributed by atoms with van der Waals surface area (Å²) in [7, 11) is -1.87. The Morgan fingerprint density at radius 1 is 1.50 bits per heavy atom. The second-order valence-electron chi connectivity index (χ2n) is 5.45. The van der Waals surface area contributed by atoms with Gasteiger partial charge in [-0.3, -0.25) is 0 Å². The minimum atomic E-state index is -3.57. The molecule has 0 aliphatic rings. The zero-order valence-electron chi connectivity index (χ0n) is 11.2. The number of sulfonamides is 1. The summed E-state index contributed by atoms with van der Waals surface area (Å²) < 4.78 is 27.6. The number of aryl methyl sites for hydroxylation is 1. The van der Waals surface area contributed by atoms with Crippen molar-refractivity contribution in [2.75, 3.05) is 6.54 Å². The van der Waals surface area contributed by atoms with Gasteiger partial charge in [0.1, 0.15) is 0 Å². The number of imidazole rings is 1. The SMILES string of the molecule is Cn1cnc(S(=O)(=O)NCC[C@H](O)C(C)(C)C)c1. The quantitative estimate of drug-likeness (QED) is 0.819. The van der Waals surface area contributed by atoms with Crippen LogP contribution in [0.15, 0.2) is 17.6 Å². The fraction of sp³-hybridized carbons (Fsp3) is 0.727. The van der Waals surface area contributed by atoms with E-state index in [0.29, 0.717) is 6.42 Å². The molecule has 0 radical (unpaired) electrons. The fourth-order valence-corrected chi connectivity index (χ4v) is 2.39. The average Bonchev–Trinajstić information content (AvgIpc) is 2.63. The molecule has 2 N–H and O–H groups in total. The molecule has 7 heteroatoms. The molecule has 0 amide bonds. The van der Waals surface area contributed by atoms with Crippen LogP contribution in [0.4, 0.5) is 0 Å². The topological polar surface area (TPSA) is 84.2 Å². The molecule has 18 heavy (non-hydrogen) atoms. The third-order valence-corrected chi connectivity index (χ3v) is 4.01. The van der Waals surface area contributed by atoms with Crippen LogP contribution in [0.3, 0.4) is 0 Å². The lowest BCUT2D eigenvalue weighted by Gasteiger charge is -2.25. The highest BCUT2D eigenvalue weighted by atomic mass is 32.2. The minimum Gasteiger partial charge on any atom is -0.393 e. The predicted octanol–water partition coefficient (Wildman–Crippen LogP) is 0.495. The largest absolute Gasteiger partial charge is 0.393 e. The molecule has 6 nitrogen and oxygen atoms in total. The Hall–Kier alpha value is -0.920. The highest BCUT2D eigenvalue weighted by Crippen LogP contribution is 2.21. The molecule has 0 saturated carbocycles. The third kappa shape index (κ3) is 4.08. The van der Waals surface area contributed by atoms with Crippen molar-refractivity contribution in [3.05, 3.63) is 12.5 Å². The smallest absolute Gasteiger partial charge is 0.259 e. The molecule has 1 aromatic rings. The van der Waals surface area contributed by atoms with Crippen molar-refractivity contribution in [2.24, 2.45) is 12.5 Å². The Labute approximate surface area is 108 Å². The van der Waals surface area contributed by atoms with E-state index in [1.165, 1.54) is 12.5 Å². The van der Waals surface area contributed by atoms with Crippen LogP contribution in [0.2, 0.25) is 0 Å². The van der Waals surface area contributed by atoms with Crippen molar-refractivity contribution < 1.29 is 13.5 Å². The minimum absolute atomic E-state index is 0.00440. The zero-order valence-corrected chi connectivity index (χ0v) is 12.0. The number of aromatic nitrogens is 2. The monoisotopic (exact) mass is 275 g/mol. The molecular weight excluding hydrogens is 254 g/mol. The molecule has 0 aliphatic carbocycles. The molecule has 1 atom stereocenters. The molecule has 0 aromatic carbocycles. The summed E-state index contributed by atoms with van der Waals surface area (Å²) in [6.45, 7) is 5.91. The maximum absolute atomic E-state index is 11.8. The lowest BCUT2D eigenvalue weighted by Crippen LogP contribution is -2.32. The van der Waals surface area contributed by atoms with Crippen molar-refractivity contribution in [1.82, 2.24) is 14.3 Å². The number of nitrogens with zero attached hydrogens (tertiary/aromatic N) is 2. The van der Waals surface area contributed by atoms with Crippen LogP contribution in [-0.4, -0.2) is 35.7 Å². The second-order valence-corrected chi connectivity index (χ2v) is 7.16. The molecule has 0 spiro atoms. The molecule has 1 aromatic heterocycles. The van der Waals surface area contributed by atoms with Gasteiger partial charge in [-0.15, -0.1) is 0 Å². The van der Waals surface area contributed by atoms with Crippen LogP contribution in [0.25, 0.3) is 0 Å². The Balaban J connectivity index is 2.54. The van der Waals surface area contributed by atoms with Gasteiger partial charge in [0.15, 0.2) is 5.03 Å². The first-order chi connectivity index (χ1) is 8.13. The number of hydrogen-bond donors (Lipinski definition) is 2. The highest BCUT2D eigenvalue weighted by Gasteiger charge is 2.23. The molecule has 1 heterocycles. The van der Waals surface area contributed by atoms with E-state index in [1.54, 1.807) is 11.6 Å². The van der Waals surface area contributed by atoms with E-state index in [-0.39, 0.29) is 17.0 Å². The molecule has 0 unspecified atom stereocenters. The van der Waals surface area contributed by atoms with Gasteiger partial charge in [0.25, 0.3) is 10.0 Å². The molecule has 104 valence electrons. The van der Waals surface area contributed by atoms with Crippen LogP contribution in [0.5, 0.6) is 0 Å². The molecule has 0 saturated heterocycles. The van der Waals surface area contributed by atoms with E-state index >= 15 is 0 Å². The van der Waals surface area contributed by atoms with Crippen molar-refractivity contribution >= 4 is 10.0 Å². The van der Waals surface area contributed by atoms with Gasteiger partial charge in [-0.05, 0) is 11.8 Å². The van der Waals surface area contributed by atoms with E-state index < -0.39 is 16.1 Å². The Kier molecular flexibility index (Phi) is 4.52. The van der Waals surface area contributed by atoms with E-state index in [2.05, 4.69) is 9.71 Å². The van der Waals surface area contributed by atoms with Gasteiger partial charge < -0.3 is 9.67 Å². The first-order valence-corrected chi connectivity index (χ1v) is 7.27. The Morgan fingerprint density at radius 3 is 2.56 bits per heavy atom. The van der Waals surface area contributed by atoms with Gasteiger partial charge in [0.05, 0.1) is 12.4 Å². The summed E-state index contributed by atoms with van der Waals surface area (Å²) in [5, 5.41) is 9.80. The molecule has 0 aliphatic heterocycles.